The van der Waals surface area contributed by atoms with Crippen LogP contribution in [0.25, 0.3) is 22.2 Å². The van der Waals surface area contributed by atoms with Crippen LogP contribution in [0.3, 0.4) is 0 Å². The Balaban J connectivity index is 2.10. The first-order chi connectivity index (χ1) is 9.13. The number of alkyl halides is 2. The number of rotatable bonds is 2. The lowest BCUT2D eigenvalue weighted by Crippen LogP contribution is -1.89. The summed E-state index contributed by atoms with van der Waals surface area (Å²) in [5.74, 6) is 0. The number of fused-ring (bicyclic) bond motifs is 1. The van der Waals surface area contributed by atoms with Gasteiger partial charge in [-0.25, -0.2) is 8.78 Å². The monoisotopic (exact) mass is 259 g/mol. The first kappa shape index (κ1) is 11.8. The lowest BCUT2D eigenvalue weighted by atomic mass is 10.1. The number of nitrogens with zero attached hydrogens (tertiary/aromatic N) is 3. The maximum Gasteiger partial charge on any atom is 0.263 e. The molecule has 0 N–H and O–H groups in total. The Kier molecular flexibility index (Phi) is 2.74. The summed E-state index contributed by atoms with van der Waals surface area (Å²) in [6.45, 7) is 0. The predicted octanol–water partition coefficient (Wildman–Crippen LogP) is 3.57. The van der Waals surface area contributed by atoms with Gasteiger partial charge < -0.3 is 0 Å². The molecule has 19 heavy (non-hydrogen) atoms. The minimum atomic E-state index is -2.49. The molecule has 0 radical (unpaired) electrons. The zero-order chi connectivity index (χ0) is 13.4. The van der Waals surface area contributed by atoms with Crippen LogP contribution in [0.15, 0.2) is 42.7 Å². The lowest BCUT2D eigenvalue weighted by molar-refractivity contribution is 0.151. The number of benzene rings is 1. The van der Waals surface area contributed by atoms with Gasteiger partial charge in [-0.05, 0) is 18.2 Å². The van der Waals surface area contributed by atoms with Crippen molar-refractivity contribution in [1.29, 1.82) is 0 Å². The molecule has 5 heteroatoms. The molecule has 0 bridgehead atoms. The summed E-state index contributed by atoms with van der Waals surface area (Å²) < 4.78 is 27.1. The molecule has 2 aromatic heterocycles. The van der Waals surface area contributed by atoms with Crippen molar-refractivity contribution in [3.05, 3.63) is 48.3 Å². The van der Waals surface area contributed by atoms with Crippen molar-refractivity contribution in [2.24, 2.45) is 7.05 Å². The van der Waals surface area contributed by atoms with Crippen LogP contribution in [0.2, 0.25) is 0 Å². The number of hydrogen-bond donors (Lipinski definition) is 0. The Hall–Kier alpha value is -2.30. The zero-order valence-electron chi connectivity index (χ0n) is 10.2. The fraction of sp³-hybridized carbons (Fsp3) is 0.143. The van der Waals surface area contributed by atoms with E-state index in [1.54, 1.807) is 4.68 Å². The van der Waals surface area contributed by atoms with Gasteiger partial charge in [0.15, 0.2) is 0 Å². The summed E-state index contributed by atoms with van der Waals surface area (Å²) in [6.07, 6.45) is 0.821. The molecule has 1 aromatic carbocycles. The molecule has 0 fully saturated rings. The molecule has 0 aliphatic rings. The van der Waals surface area contributed by atoms with E-state index in [-0.39, 0.29) is 5.56 Å². The molecule has 0 saturated heterocycles. The van der Waals surface area contributed by atoms with Gasteiger partial charge in [0.2, 0.25) is 0 Å². The van der Waals surface area contributed by atoms with Gasteiger partial charge in [0.05, 0.1) is 11.2 Å². The molecule has 96 valence electrons. The van der Waals surface area contributed by atoms with Crippen LogP contribution in [0.4, 0.5) is 8.78 Å². The van der Waals surface area contributed by atoms with Gasteiger partial charge >= 0.3 is 0 Å². The molecule has 0 aliphatic heterocycles. The van der Waals surface area contributed by atoms with Crippen molar-refractivity contribution in [2.45, 2.75) is 6.43 Å². The van der Waals surface area contributed by atoms with E-state index >= 15 is 0 Å². The van der Waals surface area contributed by atoms with Crippen LogP contribution in [-0.2, 0) is 7.05 Å². The van der Waals surface area contributed by atoms with Crippen LogP contribution < -0.4 is 0 Å². The highest BCUT2D eigenvalue weighted by Crippen LogP contribution is 2.25. The molecule has 3 rings (SSSR count). The lowest BCUT2D eigenvalue weighted by Gasteiger charge is -2.04. The Labute approximate surface area is 108 Å². The summed E-state index contributed by atoms with van der Waals surface area (Å²) in [7, 11) is 1.84. The van der Waals surface area contributed by atoms with Crippen molar-refractivity contribution in [3.8, 4) is 11.3 Å². The Morgan fingerprint density at radius 1 is 1.16 bits per heavy atom. The molecule has 0 amide bonds. The van der Waals surface area contributed by atoms with Gasteiger partial charge in [0.1, 0.15) is 0 Å². The first-order valence-corrected chi connectivity index (χ1v) is 5.81. The topological polar surface area (TPSA) is 30.7 Å². The summed E-state index contributed by atoms with van der Waals surface area (Å²) in [5.41, 5.74) is 2.12. The number of aryl methyl sites for hydroxylation is 1. The maximum atomic E-state index is 12.7. The fourth-order valence-corrected chi connectivity index (χ4v) is 2.04. The third-order valence-corrected chi connectivity index (χ3v) is 2.95. The van der Waals surface area contributed by atoms with Crippen LogP contribution in [0.1, 0.15) is 12.0 Å². The molecule has 0 spiro atoms. The van der Waals surface area contributed by atoms with E-state index in [2.05, 4.69) is 10.1 Å². The molecule has 3 aromatic rings. The number of halogens is 2. The molecule has 0 aliphatic carbocycles. The van der Waals surface area contributed by atoms with Gasteiger partial charge in [-0.3, -0.25) is 9.67 Å². The first-order valence-electron chi connectivity index (χ1n) is 5.81. The SMILES string of the molecule is Cn1cc2ccc(-c3cc(C(F)F)ccn3)cc2n1. The number of aromatic nitrogens is 3. The van der Waals surface area contributed by atoms with Gasteiger partial charge in [0, 0.05) is 36.0 Å². The van der Waals surface area contributed by atoms with Crippen LogP contribution in [0.5, 0.6) is 0 Å². The highest BCUT2D eigenvalue weighted by atomic mass is 19.3. The third kappa shape index (κ3) is 2.19. The van der Waals surface area contributed by atoms with Crippen LogP contribution >= 0.6 is 0 Å². The minimum Gasteiger partial charge on any atom is -0.275 e. The summed E-state index contributed by atoms with van der Waals surface area (Å²) in [6, 6.07) is 8.37. The van der Waals surface area contributed by atoms with Gasteiger partial charge in [-0.15, -0.1) is 0 Å². The highest BCUT2D eigenvalue weighted by Gasteiger charge is 2.09. The van der Waals surface area contributed by atoms with Crippen molar-refractivity contribution in [1.82, 2.24) is 14.8 Å². The van der Waals surface area contributed by atoms with Crippen LogP contribution in [-0.4, -0.2) is 14.8 Å². The average Bonchev–Trinajstić information content (AvgIpc) is 2.77. The second-order valence-electron chi connectivity index (χ2n) is 4.35. The van der Waals surface area contributed by atoms with Gasteiger partial charge in [0.25, 0.3) is 6.43 Å². The Morgan fingerprint density at radius 2 is 2.00 bits per heavy atom. The maximum absolute atomic E-state index is 12.7. The number of hydrogen-bond acceptors (Lipinski definition) is 2. The van der Waals surface area contributed by atoms with Crippen molar-refractivity contribution >= 4 is 10.9 Å². The van der Waals surface area contributed by atoms with E-state index in [1.807, 2.05) is 31.4 Å². The zero-order valence-corrected chi connectivity index (χ0v) is 10.2. The fourth-order valence-electron chi connectivity index (χ4n) is 2.04. The largest absolute Gasteiger partial charge is 0.275 e. The summed E-state index contributed by atoms with van der Waals surface area (Å²) in [5, 5.41) is 5.31. The normalized spacial score (nSPS) is 11.4. The molecule has 3 nitrogen and oxygen atoms in total. The third-order valence-electron chi connectivity index (χ3n) is 2.95. The van der Waals surface area contributed by atoms with E-state index in [1.165, 1.54) is 18.3 Å². The summed E-state index contributed by atoms with van der Waals surface area (Å²) in [4.78, 5) is 4.14. The van der Waals surface area contributed by atoms with Gasteiger partial charge in [-0.1, -0.05) is 12.1 Å². The molecule has 0 atom stereocenters. The smallest absolute Gasteiger partial charge is 0.263 e. The Bertz CT molecular complexity index is 734. The van der Waals surface area contributed by atoms with E-state index in [9.17, 15) is 8.78 Å². The van der Waals surface area contributed by atoms with E-state index in [0.29, 0.717) is 5.69 Å². The second kappa shape index (κ2) is 4.42. The molecular weight excluding hydrogens is 248 g/mol. The molecule has 0 unspecified atom stereocenters. The molecule has 2 heterocycles. The van der Waals surface area contributed by atoms with Crippen molar-refractivity contribution in [3.63, 3.8) is 0 Å². The predicted molar refractivity (Wildman–Crippen MR) is 68.9 cm³/mol. The number of pyridine rings is 1. The second-order valence-corrected chi connectivity index (χ2v) is 4.35. The van der Waals surface area contributed by atoms with Crippen molar-refractivity contribution < 1.29 is 8.78 Å². The van der Waals surface area contributed by atoms with Crippen LogP contribution in [0, 0.1) is 0 Å². The quantitative estimate of drug-likeness (QED) is 0.704. The Morgan fingerprint density at radius 3 is 2.79 bits per heavy atom. The van der Waals surface area contributed by atoms with E-state index in [0.717, 1.165) is 16.5 Å². The van der Waals surface area contributed by atoms with Crippen molar-refractivity contribution in [2.75, 3.05) is 0 Å². The average molecular weight is 259 g/mol. The van der Waals surface area contributed by atoms with E-state index < -0.39 is 6.43 Å². The van der Waals surface area contributed by atoms with Gasteiger partial charge in [-0.2, -0.15) is 5.10 Å². The minimum absolute atomic E-state index is 0.0221. The van der Waals surface area contributed by atoms with E-state index in [4.69, 9.17) is 0 Å². The molecular formula is C14H11F2N3. The highest BCUT2D eigenvalue weighted by molar-refractivity contribution is 5.83. The summed E-state index contributed by atoms with van der Waals surface area (Å²) >= 11 is 0. The standard InChI is InChI=1S/C14H11F2N3/c1-19-8-11-3-2-9(6-13(11)18-19)12-7-10(14(15)16)4-5-17-12/h2-8,14H,1H3. The molecule has 0 saturated carbocycles.